The number of hydrogen-bond acceptors (Lipinski definition) is 8. The van der Waals surface area contributed by atoms with E-state index in [1.165, 1.54) is 23.2 Å². The van der Waals surface area contributed by atoms with Crippen LogP contribution in [0.25, 0.3) is 10.2 Å². The third kappa shape index (κ3) is 7.47. The Morgan fingerprint density at radius 1 is 1.16 bits per heavy atom. The Labute approximate surface area is 223 Å². The molecule has 2 heterocycles. The molecule has 3 rings (SSSR count). The Hall–Kier alpha value is -4.07. The number of likely N-dealkylation sites (tertiary alicyclic amines) is 1. The maximum Gasteiger partial charge on any atom is 0.246 e. The summed E-state index contributed by atoms with van der Waals surface area (Å²) in [5.41, 5.74) is 11.3. The highest BCUT2D eigenvalue weighted by atomic mass is 32.1. The maximum absolute atomic E-state index is 13.4. The fraction of sp³-hybridized carbons (Fsp3) is 0.458. The predicted molar refractivity (Wildman–Crippen MR) is 141 cm³/mol. The summed E-state index contributed by atoms with van der Waals surface area (Å²) in [6, 6.07) is 4.33. The largest absolute Gasteiger partial charge is 0.370 e. The smallest absolute Gasteiger partial charge is 0.246 e. The van der Waals surface area contributed by atoms with E-state index in [1.54, 1.807) is 6.07 Å². The number of amides is 4. The number of primary amides is 1. The summed E-state index contributed by atoms with van der Waals surface area (Å²) in [6.07, 6.45) is 1.17. The summed E-state index contributed by atoms with van der Waals surface area (Å²) >= 11 is 1.23. The highest BCUT2D eigenvalue weighted by Crippen LogP contribution is 2.24. The topological polar surface area (TPSA) is 213 Å². The maximum atomic E-state index is 13.4. The third-order valence-corrected chi connectivity index (χ3v) is 7.09. The fourth-order valence-electron chi connectivity index (χ4n) is 4.34. The lowest BCUT2D eigenvalue weighted by molar-refractivity contribution is -0.142. The number of hydrogen-bond donors (Lipinski definition) is 6. The number of thiazole rings is 1. The van der Waals surface area contributed by atoms with E-state index in [9.17, 15) is 24.0 Å². The molecule has 0 radical (unpaired) electrons. The minimum atomic E-state index is -1.18. The van der Waals surface area contributed by atoms with Gasteiger partial charge in [0.25, 0.3) is 0 Å². The van der Waals surface area contributed by atoms with Crippen molar-refractivity contribution in [3.05, 3.63) is 29.3 Å². The van der Waals surface area contributed by atoms with Crippen molar-refractivity contribution in [2.24, 2.45) is 11.5 Å². The molecule has 0 bridgehead atoms. The SMILES string of the molecule is CC(=O)N[C@H](CC(N)=O)C(=O)N1CCC[C@H]1C(=O)N[C@@H](CCCNC(=N)N)C(=O)c1nc2ccccc2s1. The molecule has 0 unspecified atom stereocenters. The van der Waals surface area contributed by atoms with E-state index in [2.05, 4.69) is 20.9 Å². The molecule has 1 aliphatic rings. The summed E-state index contributed by atoms with van der Waals surface area (Å²) in [5.74, 6) is -2.94. The van der Waals surface area contributed by atoms with Gasteiger partial charge in [-0.05, 0) is 37.8 Å². The first-order valence-electron chi connectivity index (χ1n) is 12.2. The summed E-state index contributed by atoms with van der Waals surface area (Å²) in [7, 11) is 0. The molecule has 8 N–H and O–H groups in total. The molecule has 1 aromatic carbocycles. The number of Topliss-reactive ketones (excluding diaryl/α,β-unsaturated/α-hetero) is 1. The van der Waals surface area contributed by atoms with Gasteiger partial charge in [0.2, 0.25) is 29.4 Å². The van der Waals surface area contributed by atoms with Crippen LogP contribution < -0.4 is 27.4 Å². The minimum Gasteiger partial charge on any atom is -0.370 e. The first kappa shape index (κ1) is 28.5. The first-order chi connectivity index (χ1) is 18.1. The molecule has 1 saturated heterocycles. The van der Waals surface area contributed by atoms with E-state index in [-0.39, 0.29) is 29.7 Å². The summed E-state index contributed by atoms with van der Waals surface area (Å²) in [4.78, 5) is 68.7. The van der Waals surface area contributed by atoms with Gasteiger partial charge in [0.1, 0.15) is 12.1 Å². The first-order valence-corrected chi connectivity index (χ1v) is 13.0. The summed E-state index contributed by atoms with van der Waals surface area (Å²) < 4.78 is 0.838. The molecule has 4 amide bonds. The molecular weight excluding hydrogens is 512 g/mol. The summed E-state index contributed by atoms with van der Waals surface area (Å²) in [6.45, 7) is 1.80. The molecule has 14 heteroatoms. The van der Waals surface area contributed by atoms with Gasteiger partial charge in [0.15, 0.2) is 11.0 Å². The zero-order chi connectivity index (χ0) is 27.8. The van der Waals surface area contributed by atoms with Crippen LogP contribution in [0, 0.1) is 5.41 Å². The number of carbonyl (C=O) groups is 5. The molecule has 204 valence electrons. The molecule has 0 aliphatic carbocycles. The number of benzene rings is 1. The van der Waals surface area contributed by atoms with Gasteiger partial charge in [-0.3, -0.25) is 29.4 Å². The predicted octanol–water partition coefficient (Wildman–Crippen LogP) is -0.402. The van der Waals surface area contributed by atoms with E-state index >= 15 is 0 Å². The second-order valence-corrected chi connectivity index (χ2v) is 10.0. The number of aromatic nitrogens is 1. The Morgan fingerprint density at radius 3 is 2.55 bits per heavy atom. The molecule has 0 spiro atoms. The van der Waals surface area contributed by atoms with Crippen molar-refractivity contribution in [1.82, 2.24) is 25.8 Å². The van der Waals surface area contributed by atoms with Crippen LogP contribution in [-0.4, -0.2) is 76.5 Å². The Kier molecular flexibility index (Phi) is 9.71. The van der Waals surface area contributed by atoms with Crippen LogP contribution in [0.5, 0.6) is 0 Å². The van der Waals surface area contributed by atoms with Gasteiger partial charge in [-0.25, -0.2) is 4.98 Å². The van der Waals surface area contributed by atoms with E-state index in [4.69, 9.17) is 16.9 Å². The van der Waals surface area contributed by atoms with Gasteiger partial charge in [-0.1, -0.05) is 12.1 Å². The third-order valence-electron chi connectivity index (χ3n) is 6.04. The van der Waals surface area contributed by atoms with Gasteiger partial charge >= 0.3 is 0 Å². The number of nitrogens with zero attached hydrogens (tertiary/aromatic N) is 2. The van der Waals surface area contributed by atoms with Crippen LogP contribution in [0.2, 0.25) is 0 Å². The van der Waals surface area contributed by atoms with Crippen LogP contribution in [0.4, 0.5) is 0 Å². The molecule has 1 aromatic heterocycles. The highest BCUT2D eigenvalue weighted by Gasteiger charge is 2.39. The molecule has 1 fully saturated rings. The van der Waals surface area contributed by atoms with Crippen LogP contribution in [-0.2, 0) is 19.2 Å². The lowest BCUT2D eigenvalue weighted by atomic mass is 10.1. The molecule has 2 aromatic rings. The van der Waals surface area contributed by atoms with Gasteiger partial charge in [-0.2, -0.15) is 0 Å². The van der Waals surface area contributed by atoms with E-state index in [0.717, 1.165) is 4.70 Å². The average Bonchev–Trinajstić information content (AvgIpc) is 3.51. The fourth-order valence-corrected chi connectivity index (χ4v) is 5.30. The molecule has 0 saturated carbocycles. The lowest BCUT2D eigenvalue weighted by Gasteiger charge is -2.29. The van der Waals surface area contributed by atoms with Crippen LogP contribution in [0.1, 0.15) is 48.8 Å². The molecular formula is C24H32N8O5S. The Balaban J connectivity index is 1.77. The second-order valence-electron chi connectivity index (χ2n) is 9.01. The number of para-hydroxylation sites is 1. The molecule has 13 nitrogen and oxygen atoms in total. The van der Waals surface area contributed by atoms with Gasteiger partial charge in [0, 0.05) is 20.0 Å². The van der Waals surface area contributed by atoms with Crippen molar-refractivity contribution in [2.75, 3.05) is 13.1 Å². The van der Waals surface area contributed by atoms with Crippen molar-refractivity contribution < 1.29 is 24.0 Å². The number of fused-ring (bicyclic) bond motifs is 1. The van der Waals surface area contributed by atoms with Crippen LogP contribution >= 0.6 is 11.3 Å². The van der Waals surface area contributed by atoms with E-state index in [1.807, 2.05) is 18.2 Å². The van der Waals surface area contributed by atoms with Crippen LogP contribution in [0.3, 0.4) is 0 Å². The van der Waals surface area contributed by atoms with Crippen molar-refractivity contribution in [2.45, 2.75) is 57.2 Å². The highest BCUT2D eigenvalue weighted by molar-refractivity contribution is 7.20. The van der Waals surface area contributed by atoms with Crippen molar-refractivity contribution in [3.8, 4) is 0 Å². The van der Waals surface area contributed by atoms with Crippen molar-refractivity contribution >= 4 is 56.9 Å². The number of ketones is 1. The van der Waals surface area contributed by atoms with Gasteiger partial charge in [0.05, 0.1) is 22.7 Å². The normalized spacial score (nSPS) is 16.4. The van der Waals surface area contributed by atoms with E-state index in [0.29, 0.717) is 31.3 Å². The number of carbonyl (C=O) groups excluding carboxylic acids is 5. The van der Waals surface area contributed by atoms with Gasteiger partial charge < -0.3 is 32.3 Å². The number of rotatable bonds is 12. The molecule has 3 atom stereocenters. The van der Waals surface area contributed by atoms with Crippen molar-refractivity contribution in [1.29, 1.82) is 5.41 Å². The zero-order valence-corrected chi connectivity index (χ0v) is 21.8. The van der Waals surface area contributed by atoms with Gasteiger partial charge in [-0.15, -0.1) is 11.3 Å². The second kappa shape index (κ2) is 12.9. The molecule has 1 aliphatic heterocycles. The lowest BCUT2D eigenvalue weighted by Crippen LogP contribution is -2.55. The quantitative estimate of drug-likeness (QED) is 0.0892. The summed E-state index contributed by atoms with van der Waals surface area (Å²) in [5, 5.41) is 15.4. The number of guanidine groups is 1. The number of nitrogens with two attached hydrogens (primary N) is 2. The zero-order valence-electron chi connectivity index (χ0n) is 21.0. The molecule has 38 heavy (non-hydrogen) atoms. The van der Waals surface area contributed by atoms with Crippen molar-refractivity contribution in [3.63, 3.8) is 0 Å². The van der Waals surface area contributed by atoms with E-state index < -0.39 is 48.2 Å². The monoisotopic (exact) mass is 544 g/mol. The van der Waals surface area contributed by atoms with Crippen LogP contribution in [0.15, 0.2) is 24.3 Å². The Bertz CT molecular complexity index is 1180. The number of nitrogens with one attached hydrogen (secondary N) is 4. The standard InChI is InChI=1S/C24H32N8O5S/c1-13(33)29-16(12-19(25)34)23(37)32-11-5-8-17(32)21(36)30-15(7-4-10-28-24(26)27)20(35)22-31-14-6-2-3-9-18(14)38-22/h2-3,6,9,15-17H,4-5,7-8,10-12H2,1H3,(H2,25,34)(H,29,33)(H,30,36)(H4,26,27,28)/t15-,16+,17-/m0/s1. The minimum absolute atomic E-state index is 0.201. The average molecular weight is 545 g/mol. The Morgan fingerprint density at radius 2 is 1.89 bits per heavy atom.